The van der Waals surface area contributed by atoms with Gasteiger partial charge in [0, 0.05) is 56.4 Å². The third-order valence-corrected chi connectivity index (χ3v) is 5.32. The number of amides is 2. The highest BCUT2D eigenvalue weighted by atomic mass is 16.2. The van der Waals surface area contributed by atoms with Crippen molar-refractivity contribution < 1.29 is 9.59 Å². The van der Waals surface area contributed by atoms with E-state index in [2.05, 4.69) is 27.3 Å². The molecule has 140 valence electrons. The van der Waals surface area contributed by atoms with Crippen LogP contribution in [0.2, 0.25) is 0 Å². The van der Waals surface area contributed by atoms with Crippen LogP contribution >= 0.6 is 0 Å². The highest BCUT2D eigenvalue weighted by Crippen LogP contribution is 2.28. The van der Waals surface area contributed by atoms with Crippen molar-refractivity contribution in [1.82, 2.24) is 10.3 Å². The Kier molecular flexibility index (Phi) is 5.05. The molecule has 1 aromatic carbocycles. The van der Waals surface area contributed by atoms with Gasteiger partial charge in [-0.25, -0.2) is 0 Å². The lowest BCUT2D eigenvalue weighted by molar-refractivity contribution is -0.126. The van der Waals surface area contributed by atoms with E-state index >= 15 is 0 Å². The van der Waals surface area contributed by atoms with E-state index in [-0.39, 0.29) is 24.2 Å². The number of benzene rings is 1. The second-order valence-corrected chi connectivity index (χ2v) is 7.20. The van der Waals surface area contributed by atoms with Gasteiger partial charge in [-0.2, -0.15) is 0 Å². The van der Waals surface area contributed by atoms with Crippen molar-refractivity contribution in [3.8, 4) is 0 Å². The summed E-state index contributed by atoms with van der Waals surface area (Å²) in [5.41, 5.74) is 3.02. The van der Waals surface area contributed by atoms with Gasteiger partial charge in [0.2, 0.25) is 11.8 Å². The molecule has 2 amide bonds. The predicted molar refractivity (Wildman–Crippen MR) is 104 cm³/mol. The second-order valence-electron chi connectivity index (χ2n) is 7.20. The third-order valence-electron chi connectivity index (χ3n) is 5.32. The number of anilines is 2. The van der Waals surface area contributed by atoms with Gasteiger partial charge in [0.25, 0.3) is 0 Å². The molecule has 1 unspecified atom stereocenters. The fraction of sp³-hybridized carbons (Fsp3) is 0.381. The zero-order chi connectivity index (χ0) is 18.6. The Morgan fingerprint density at radius 3 is 2.56 bits per heavy atom. The van der Waals surface area contributed by atoms with Gasteiger partial charge < -0.3 is 15.1 Å². The molecule has 0 spiro atoms. The van der Waals surface area contributed by atoms with Crippen LogP contribution in [0.15, 0.2) is 48.8 Å². The Hall–Kier alpha value is -2.89. The second kappa shape index (κ2) is 7.78. The molecule has 1 aromatic heterocycles. The van der Waals surface area contributed by atoms with Crippen LogP contribution in [0.4, 0.5) is 11.4 Å². The summed E-state index contributed by atoms with van der Waals surface area (Å²) < 4.78 is 0. The van der Waals surface area contributed by atoms with Crippen LogP contribution < -0.4 is 15.1 Å². The van der Waals surface area contributed by atoms with Gasteiger partial charge in [-0.15, -0.1) is 0 Å². The summed E-state index contributed by atoms with van der Waals surface area (Å²) in [5, 5.41) is 2.92. The lowest BCUT2D eigenvalue weighted by Gasteiger charge is -2.20. The van der Waals surface area contributed by atoms with Crippen molar-refractivity contribution in [3.05, 3.63) is 54.4 Å². The number of carbonyl (C=O) groups excluding carboxylic acids is 2. The van der Waals surface area contributed by atoms with E-state index in [1.807, 2.05) is 24.3 Å². The van der Waals surface area contributed by atoms with Crippen molar-refractivity contribution in [1.29, 1.82) is 0 Å². The van der Waals surface area contributed by atoms with Crippen molar-refractivity contribution in [3.63, 3.8) is 0 Å². The van der Waals surface area contributed by atoms with Gasteiger partial charge in [0.05, 0.1) is 5.92 Å². The van der Waals surface area contributed by atoms with E-state index in [4.69, 9.17) is 0 Å². The van der Waals surface area contributed by atoms with E-state index in [9.17, 15) is 9.59 Å². The van der Waals surface area contributed by atoms with Crippen LogP contribution in [0.1, 0.15) is 24.8 Å². The molecule has 6 nitrogen and oxygen atoms in total. The molecule has 3 heterocycles. The average molecular weight is 364 g/mol. The van der Waals surface area contributed by atoms with Crippen LogP contribution in [0.25, 0.3) is 0 Å². The van der Waals surface area contributed by atoms with E-state index in [0.717, 1.165) is 24.3 Å². The van der Waals surface area contributed by atoms with Gasteiger partial charge in [-0.3, -0.25) is 14.6 Å². The van der Waals surface area contributed by atoms with Crippen molar-refractivity contribution >= 4 is 23.2 Å². The fourth-order valence-electron chi connectivity index (χ4n) is 3.79. The van der Waals surface area contributed by atoms with Gasteiger partial charge in [-0.1, -0.05) is 6.07 Å². The number of hydrogen-bond acceptors (Lipinski definition) is 4. The Bertz CT molecular complexity index is 801. The molecule has 1 atom stereocenters. The van der Waals surface area contributed by atoms with Gasteiger partial charge >= 0.3 is 0 Å². The van der Waals surface area contributed by atoms with Gasteiger partial charge in [-0.05, 0) is 48.7 Å². The van der Waals surface area contributed by atoms with Gasteiger partial charge in [0.15, 0.2) is 0 Å². The Morgan fingerprint density at radius 2 is 1.85 bits per heavy atom. The molecular formula is C21H24N4O2. The number of pyridine rings is 1. The number of hydrogen-bond donors (Lipinski definition) is 1. The minimum absolute atomic E-state index is 0.00505. The molecule has 0 radical (unpaired) electrons. The Balaban J connectivity index is 1.36. The molecule has 0 saturated carbocycles. The number of nitrogens with one attached hydrogen (secondary N) is 1. The number of rotatable bonds is 5. The summed E-state index contributed by atoms with van der Waals surface area (Å²) in [6, 6.07) is 11.9. The molecule has 6 heteroatoms. The van der Waals surface area contributed by atoms with E-state index < -0.39 is 0 Å². The van der Waals surface area contributed by atoms with Crippen LogP contribution in [0, 0.1) is 5.92 Å². The summed E-state index contributed by atoms with van der Waals surface area (Å²) in [6.07, 6.45) is 6.17. The number of carbonyl (C=O) groups is 2. The summed E-state index contributed by atoms with van der Waals surface area (Å²) in [5.74, 6) is -0.388. The van der Waals surface area contributed by atoms with Crippen LogP contribution in [0.3, 0.4) is 0 Å². The van der Waals surface area contributed by atoms with Crippen molar-refractivity contribution in [2.24, 2.45) is 5.92 Å². The maximum atomic E-state index is 12.5. The lowest BCUT2D eigenvalue weighted by Crippen LogP contribution is -2.32. The monoisotopic (exact) mass is 364 g/mol. The first-order valence-corrected chi connectivity index (χ1v) is 9.53. The lowest BCUT2D eigenvalue weighted by atomic mass is 10.1. The maximum Gasteiger partial charge on any atom is 0.227 e. The molecule has 0 aliphatic carbocycles. The summed E-state index contributed by atoms with van der Waals surface area (Å²) in [6.45, 7) is 3.06. The maximum absolute atomic E-state index is 12.5. The molecule has 1 N–H and O–H groups in total. The molecule has 2 aliphatic rings. The number of aromatic nitrogens is 1. The quantitative estimate of drug-likeness (QED) is 0.884. The van der Waals surface area contributed by atoms with E-state index in [0.29, 0.717) is 13.1 Å². The molecule has 0 bridgehead atoms. The highest BCUT2D eigenvalue weighted by molar-refractivity contribution is 6.00. The van der Waals surface area contributed by atoms with Crippen LogP contribution in [-0.4, -0.2) is 36.4 Å². The zero-order valence-corrected chi connectivity index (χ0v) is 15.3. The summed E-state index contributed by atoms with van der Waals surface area (Å²) >= 11 is 0. The number of nitrogens with zero attached hydrogens (tertiary/aromatic N) is 3. The molecular weight excluding hydrogens is 340 g/mol. The topological polar surface area (TPSA) is 65.5 Å². The molecule has 27 heavy (non-hydrogen) atoms. The first-order valence-electron chi connectivity index (χ1n) is 9.53. The van der Waals surface area contributed by atoms with E-state index in [1.165, 1.54) is 18.5 Å². The van der Waals surface area contributed by atoms with Gasteiger partial charge in [0.1, 0.15) is 0 Å². The normalized spacial score (nSPS) is 19.6. The minimum Gasteiger partial charge on any atom is -0.372 e. The predicted octanol–water partition coefficient (Wildman–Crippen LogP) is 2.35. The van der Waals surface area contributed by atoms with E-state index in [1.54, 1.807) is 17.3 Å². The Labute approximate surface area is 159 Å². The largest absolute Gasteiger partial charge is 0.372 e. The van der Waals surface area contributed by atoms with Crippen LogP contribution in [-0.2, 0) is 16.1 Å². The summed E-state index contributed by atoms with van der Waals surface area (Å²) in [4.78, 5) is 33.0. The molecule has 2 aromatic rings. The average Bonchev–Trinajstić information content (AvgIpc) is 3.37. The molecule has 4 rings (SSSR count). The van der Waals surface area contributed by atoms with Crippen molar-refractivity contribution in [2.45, 2.75) is 25.8 Å². The highest BCUT2D eigenvalue weighted by Gasteiger charge is 2.35. The molecule has 2 saturated heterocycles. The first kappa shape index (κ1) is 17.5. The smallest absolute Gasteiger partial charge is 0.227 e. The standard InChI is InChI=1S/C21H24N4O2/c26-20-12-17(21(27)23-14-16-4-3-9-22-13-16)15-25(20)19-7-5-18(6-8-19)24-10-1-2-11-24/h3-9,13,17H,1-2,10-12,14-15H2,(H,23,27). The fourth-order valence-corrected chi connectivity index (χ4v) is 3.79. The van der Waals surface area contributed by atoms with Crippen LogP contribution in [0.5, 0.6) is 0 Å². The SMILES string of the molecule is O=C(NCc1cccnc1)C1CC(=O)N(c2ccc(N3CCCC3)cc2)C1. The minimum atomic E-state index is -0.313. The molecule has 2 fully saturated rings. The summed E-state index contributed by atoms with van der Waals surface area (Å²) in [7, 11) is 0. The zero-order valence-electron chi connectivity index (χ0n) is 15.3. The first-order chi connectivity index (χ1) is 13.2. The van der Waals surface area contributed by atoms with Crippen molar-refractivity contribution in [2.75, 3.05) is 29.4 Å². The molecule has 2 aliphatic heterocycles. The third kappa shape index (κ3) is 3.94. The Morgan fingerprint density at radius 1 is 1.11 bits per heavy atom.